The fourth-order valence-corrected chi connectivity index (χ4v) is 4.49. The highest BCUT2D eigenvalue weighted by Gasteiger charge is 2.44. The lowest BCUT2D eigenvalue weighted by molar-refractivity contribution is -0.0554. The predicted molar refractivity (Wildman–Crippen MR) is 144 cm³/mol. The maximum absolute atomic E-state index is 11.4. The highest BCUT2D eigenvalue weighted by Crippen LogP contribution is 2.36. The highest BCUT2D eigenvalue weighted by atomic mass is 16.6. The molecule has 1 amide bonds. The van der Waals surface area contributed by atoms with Gasteiger partial charge in [-0.25, -0.2) is 4.79 Å². The summed E-state index contributed by atoms with van der Waals surface area (Å²) in [5, 5.41) is 30.7. The number of ether oxygens (including phenoxy) is 2. The van der Waals surface area contributed by atoms with Crippen molar-refractivity contribution in [3.63, 3.8) is 0 Å². The summed E-state index contributed by atoms with van der Waals surface area (Å²) in [6.07, 6.45) is 11.6. The first kappa shape index (κ1) is 32.4. The molecule has 9 unspecified atom stereocenters. The van der Waals surface area contributed by atoms with E-state index in [1.807, 2.05) is 19.9 Å². The van der Waals surface area contributed by atoms with E-state index in [1.165, 1.54) is 5.57 Å². The minimum Gasteiger partial charge on any atom is -0.439 e. The third kappa shape index (κ3) is 12.0. The number of carbonyl (C=O) groups is 1. The van der Waals surface area contributed by atoms with Crippen LogP contribution in [-0.2, 0) is 9.47 Å². The van der Waals surface area contributed by atoms with Crippen molar-refractivity contribution < 1.29 is 29.6 Å². The number of carbonyl (C=O) groups excluding carboxylic acids is 1. The van der Waals surface area contributed by atoms with Crippen LogP contribution in [0.4, 0.5) is 4.79 Å². The van der Waals surface area contributed by atoms with Crippen molar-refractivity contribution in [2.24, 2.45) is 23.5 Å². The topological polar surface area (TPSA) is 126 Å². The molecular formula is C29H51NO6. The second-order valence-corrected chi connectivity index (χ2v) is 11.0. The molecule has 0 aromatic heterocycles. The second kappa shape index (κ2) is 15.6. The molecule has 1 fully saturated rings. The number of hydrogen-bond donors (Lipinski definition) is 4. The fraction of sp³-hybridized carbons (Fsp3) is 0.759. The van der Waals surface area contributed by atoms with Crippen LogP contribution in [0.2, 0.25) is 0 Å². The van der Waals surface area contributed by atoms with Crippen LogP contribution in [0.3, 0.4) is 0 Å². The highest BCUT2D eigenvalue weighted by molar-refractivity contribution is 5.65. The van der Waals surface area contributed by atoms with Gasteiger partial charge in [-0.05, 0) is 70.3 Å². The molecule has 9 atom stereocenters. The summed E-state index contributed by atoms with van der Waals surface area (Å²) in [5.74, 6) is 0.718. The third-order valence-electron chi connectivity index (χ3n) is 7.16. The molecule has 0 aromatic carbocycles. The molecule has 1 aliphatic heterocycles. The SMILES string of the molecule is CCC(O)CCC(C)(O)C(/C=C/C(C)C/C(C)=C/C=C/C(C)CC1OC1C(C)C(O)CC)OC(N)=O. The van der Waals surface area contributed by atoms with Gasteiger partial charge in [0.1, 0.15) is 5.60 Å². The lowest BCUT2D eigenvalue weighted by Crippen LogP contribution is -2.42. The van der Waals surface area contributed by atoms with E-state index in [0.29, 0.717) is 18.8 Å². The van der Waals surface area contributed by atoms with Crippen LogP contribution >= 0.6 is 0 Å². The molecule has 5 N–H and O–H groups in total. The molecule has 0 bridgehead atoms. The average molecular weight is 510 g/mol. The Kier molecular flexibility index (Phi) is 14.0. The second-order valence-electron chi connectivity index (χ2n) is 11.0. The van der Waals surface area contributed by atoms with E-state index in [0.717, 1.165) is 19.3 Å². The van der Waals surface area contributed by atoms with E-state index in [4.69, 9.17) is 15.2 Å². The molecule has 1 saturated heterocycles. The van der Waals surface area contributed by atoms with Gasteiger partial charge in [0.25, 0.3) is 0 Å². The van der Waals surface area contributed by atoms with Crippen molar-refractivity contribution in [1.82, 2.24) is 0 Å². The van der Waals surface area contributed by atoms with Gasteiger partial charge in [0.2, 0.25) is 0 Å². The Morgan fingerprint density at radius 3 is 2.36 bits per heavy atom. The molecule has 36 heavy (non-hydrogen) atoms. The van der Waals surface area contributed by atoms with Crippen LogP contribution in [-0.4, -0.2) is 57.5 Å². The van der Waals surface area contributed by atoms with Gasteiger partial charge >= 0.3 is 6.09 Å². The maximum atomic E-state index is 11.4. The van der Waals surface area contributed by atoms with Gasteiger partial charge < -0.3 is 30.5 Å². The van der Waals surface area contributed by atoms with E-state index in [-0.39, 0.29) is 36.6 Å². The molecule has 208 valence electrons. The van der Waals surface area contributed by atoms with Crippen LogP contribution in [0.15, 0.2) is 36.0 Å². The van der Waals surface area contributed by atoms with Crippen molar-refractivity contribution in [1.29, 1.82) is 0 Å². The monoisotopic (exact) mass is 509 g/mol. The molecule has 0 aromatic rings. The van der Waals surface area contributed by atoms with Crippen LogP contribution in [0, 0.1) is 17.8 Å². The zero-order valence-electron chi connectivity index (χ0n) is 23.4. The van der Waals surface area contributed by atoms with Crippen LogP contribution in [0.5, 0.6) is 0 Å². The van der Waals surface area contributed by atoms with Crippen molar-refractivity contribution in [3.05, 3.63) is 36.0 Å². The summed E-state index contributed by atoms with van der Waals surface area (Å²) >= 11 is 0. The zero-order valence-corrected chi connectivity index (χ0v) is 23.4. The summed E-state index contributed by atoms with van der Waals surface area (Å²) in [6.45, 7) is 13.8. The van der Waals surface area contributed by atoms with Gasteiger partial charge in [-0.3, -0.25) is 0 Å². The van der Waals surface area contributed by atoms with Crippen LogP contribution in [0.1, 0.15) is 87.0 Å². The Morgan fingerprint density at radius 1 is 1.11 bits per heavy atom. The van der Waals surface area contributed by atoms with Crippen molar-refractivity contribution >= 4 is 6.09 Å². The number of primary amides is 1. The molecule has 7 nitrogen and oxygen atoms in total. The normalized spacial score (nSPS) is 25.2. The van der Waals surface area contributed by atoms with Gasteiger partial charge in [-0.15, -0.1) is 0 Å². The Morgan fingerprint density at radius 2 is 1.78 bits per heavy atom. The molecule has 0 aliphatic carbocycles. The van der Waals surface area contributed by atoms with Gasteiger partial charge in [0.15, 0.2) is 6.10 Å². The minimum atomic E-state index is -1.33. The standard InChI is InChI=1S/C29H51NO6/c1-8-23(31)15-16-29(7,34)26(36-28(30)33)14-13-21(5)17-19(3)11-10-12-20(4)18-25-27(35-25)22(6)24(32)9-2/h10-14,20-27,31-32,34H,8-9,15-18H2,1-7H3,(H2,30,33)/b12-10+,14-13+,19-11+. The number of nitrogens with two attached hydrogens (primary N) is 1. The number of epoxide rings is 1. The Labute approximate surface area is 218 Å². The van der Waals surface area contributed by atoms with Gasteiger partial charge in [0, 0.05) is 5.92 Å². The van der Waals surface area contributed by atoms with Gasteiger partial charge in [0.05, 0.1) is 24.4 Å². The number of aliphatic hydroxyl groups is 3. The van der Waals surface area contributed by atoms with E-state index >= 15 is 0 Å². The number of allylic oxidation sites excluding steroid dienone is 5. The van der Waals surface area contributed by atoms with Gasteiger partial charge in [-0.1, -0.05) is 64.5 Å². The maximum Gasteiger partial charge on any atom is 0.405 e. The fourth-order valence-electron chi connectivity index (χ4n) is 4.49. The smallest absolute Gasteiger partial charge is 0.405 e. The number of hydrogen-bond acceptors (Lipinski definition) is 6. The minimum absolute atomic E-state index is 0.162. The first-order chi connectivity index (χ1) is 16.8. The number of rotatable bonds is 17. The summed E-state index contributed by atoms with van der Waals surface area (Å²) < 4.78 is 11.0. The Bertz CT molecular complexity index is 746. The van der Waals surface area contributed by atoms with Crippen molar-refractivity contribution in [2.45, 2.75) is 123 Å². The third-order valence-corrected chi connectivity index (χ3v) is 7.16. The first-order valence-electron chi connectivity index (χ1n) is 13.5. The van der Waals surface area contributed by atoms with E-state index in [9.17, 15) is 20.1 Å². The Balaban J connectivity index is 2.58. The molecule has 1 aliphatic rings. The molecule has 0 saturated carbocycles. The average Bonchev–Trinajstić information content (AvgIpc) is 3.57. The number of aliphatic hydroxyl groups excluding tert-OH is 2. The van der Waals surface area contributed by atoms with Gasteiger partial charge in [-0.2, -0.15) is 0 Å². The van der Waals surface area contributed by atoms with E-state index in [2.05, 4.69) is 45.9 Å². The van der Waals surface area contributed by atoms with Crippen molar-refractivity contribution in [2.75, 3.05) is 0 Å². The molecule has 0 radical (unpaired) electrons. The molecule has 0 spiro atoms. The van der Waals surface area contributed by atoms with Crippen LogP contribution in [0.25, 0.3) is 0 Å². The predicted octanol–water partition coefficient (Wildman–Crippen LogP) is 5.04. The zero-order chi connectivity index (χ0) is 27.5. The van der Waals surface area contributed by atoms with Crippen molar-refractivity contribution in [3.8, 4) is 0 Å². The summed E-state index contributed by atoms with van der Waals surface area (Å²) in [7, 11) is 0. The molecule has 1 heterocycles. The lowest BCUT2D eigenvalue weighted by atomic mass is 9.90. The molecule has 7 heteroatoms. The summed E-state index contributed by atoms with van der Waals surface area (Å²) in [4.78, 5) is 11.4. The number of amides is 1. The first-order valence-corrected chi connectivity index (χ1v) is 13.5. The summed E-state index contributed by atoms with van der Waals surface area (Å²) in [5.41, 5.74) is 5.10. The van der Waals surface area contributed by atoms with E-state index < -0.39 is 23.9 Å². The molecular weight excluding hydrogens is 458 g/mol. The lowest BCUT2D eigenvalue weighted by Gasteiger charge is -2.31. The van der Waals surface area contributed by atoms with E-state index in [1.54, 1.807) is 13.0 Å². The van der Waals surface area contributed by atoms with Crippen LogP contribution < -0.4 is 5.73 Å². The summed E-state index contributed by atoms with van der Waals surface area (Å²) in [6, 6.07) is 0. The quantitative estimate of drug-likeness (QED) is 0.124. The largest absolute Gasteiger partial charge is 0.439 e. The Hall–Kier alpha value is -1.67. The molecule has 1 rings (SSSR count).